The van der Waals surface area contributed by atoms with Gasteiger partial charge in [-0.25, -0.2) is 13.9 Å². The Morgan fingerprint density at radius 3 is 2.59 bits per heavy atom. The van der Waals surface area contributed by atoms with Crippen LogP contribution in [-0.2, 0) is 9.53 Å². The Labute approximate surface area is 179 Å². The number of nitrogens with one attached hydrogen (secondary N) is 1. The van der Waals surface area contributed by atoms with Crippen molar-refractivity contribution in [2.24, 2.45) is 0 Å². The molecule has 1 aliphatic rings. The second-order valence-corrected chi connectivity index (χ2v) is 6.66. The van der Waals surface area contributed by atoms with E-state index in [4.69, 9.17) is 14.2 Å². The van der Waals surface area contributed by atoms with Crippen LogP contribution in [0.1, 0.15) is 16.1 Å². The zero-order valence-corrected chi connectivity index (χ0v) is 16.5. The first-order chi connectivity index (χ1) is 15.3. The third-order valence-electron chi connectivity index (χ3n) is 4.41. The van der Waals surface area contributed by atoms with E-state index in [2.05, 4.69) is 10.4 Å². The Kier molecular flexibility index (Phi) is 5.41. The lowest BCUT2D eigenvalue weighted by Gasteiger charge is -2.10. The van der Waals surface area contributed by atoms with E-state index in [0.717, 1.165) is 12.1 Å². The average molecular weight is 442 g/mol. The highest BCUT2D eigenvalue weighted by atomic mass is 19.1. The fourth-order valence-electron chi connectivity index (χ4n) is 3.00. The van der Waals surface area contributed by atoms with Crippen molar-refractivity contribution < 1.29 is 33.1 Å². The van der Waals surface area contributed by atoms with E-state index in [1.165, 1.54) is 28.9 Å². The number of halogens is 1. The van der Waals surface area contributed by atoms with Crippen molar-refractivity contribution >= 4 is 23.4 Å². The Hall–Kier alpha value is -4.48. The van der Waals surface area contributed by atoms with Crippen LogP contribution in [0.2, 0.25) is 0 Å². The molecule has 0 aliphatic carbocycles. The van der Waals surface area contributed by atoms with Crippen molar-refractivity contribution in [2.45, 2.75) is 6.92 Å². The molecular weight excluding hydrogens is 427 g/mol. The van der Waals surface area contributed by atoms with Crippen molar-refractivity contribution in [3.05, 3.63) is 69.7 Å². The van der Waals surface area contributed by atoms with Gasteiger partial charge in [0.2, 0.25) is 6.79 Å². The van der Waals surface area contributed by atoms with E-state index in [1.807, 2.05) is 0 Å². The molecule has 11 nitrogen and oxygen atoms in total. The molecule has 0 unspecified atom stereocenters. The molecule has 0 spiro atoms. The molecule has 0 saturated carbocycles. The number of nitrogens with zero attached hydrogens (tertiary/aromatic N) is 3. The standard InChI is InChI=1S/C20H15FN4O7/c1-11-6-18(24(23-11)13-4-2-12(21)3-5-13)22-19(26)9-30-20(27)14-7-16-17(32-10-31-16)8-15(14)25(28)29/h2-8H,9-10H2,1H3,(H,22,26). The molecule has 0 saturated heterocycles. The molecule has 4 rings (SSSR count). The molecule has 0 fully saturated rings. The number of nitro groups is 1. The van der Waals surface area contributed by atoms with Crippen LogP contribution >= 0.6 is 0 Å². The van der Waals surface area contributed by atoms with Gasteiger partial charge in [0.1, 0.15) is 17.2 Å². The number of nitro benzene ring substituents is 1. The smallest absolute Gasteiger partial charge is 0.345 e. The fourth-order valence-corrected chi connectivity index (χ4v) is 3.00. The molecule has 2 aromatic carbocycles. The highest BCUT2D eigenvalue weighted by Gasteiger charge is 2.28. The monoisotopic (exact) mass is 442 g/mol. The number of aryl methyl sites for hydroxylation is 1. The van der Waals surface area contributed by atoms with Crippen molar-refractivity contribution in [3.63, 3.8) is 0 Å². The molecular formula is C20H15FN4O7. The molecule has 0 radical (unpaired) electrons. The zero-order valence-electron chi connectivity index (χ0n) is 16.5. The van der Waals surface area contributed by atoms with Gasteiger partial charge in [0.15, 0.2) is 18.1 Å². The lowest BCUT2D eigenvalue weighted by molar-refractivity contribution is -0.385. The minimum absolute atomic E-state index is 0.130. The number of fused-ring (bicyclic) bond motifs is 1. The summed E-state index contributed by atoms with van der Waals surface area (Å²) in [6, 6.07) is 9.23. The van der Waals surface area contributed by atoms with E-state index in [1.54, 1.807) is 13.0 Å². The average Bonchev–Trinajstić information content (AvgIpc) is 3.37. The minimum Gasteiger partial charge on any atom is -0.454 e. The van der Waals surface area contributed by atoms with Crippen molar-refractivity contribution in [3.8, 4) is 17.2 Å². The number of hydrogen-bond acceptors (Lipinski definition) is 8. The van der Waals surface area contributed by atoms with Crippen molar-refractivity contribution in [1.82, 2.24) is 9.78 Å². The minimum atomic E-state index is -1.08. The van der Waals surface area contributed by atoms with E-state index < -0.39 is 34.9 Å². The normalized spacial score (nSPS) is 11.8. The number of ether oxygens (including phenoxy) is 3. The van der Waals surface area contributed by atoms with Crippen LogP contribution in [-0.4, -0.2) is 40.0 Å². The maximum atomic E-state index is 13.2. The summed E-state index contributed by atoms with van der Waals surface area (Å²) in [5.74, 6) is -1.64. The number of aromatic nitrogens is 2. The van der Waals surface area contributed by atoms with Crippen molar-refractivity contribution in [2.75, 3.05) is 18.7 Å². The quantitative estimate of drug-likeness (QED) is 0.350. The molecule has 2 heterocycles. The van der Waals surface area contributed by atoms with Crippen molar-refractivity contribution in [1.29, 1.82) is 0 Å². The summed E-state index contributed by atoms with van der Waals surface area (Å²) in [6.07, 6.45) is 0. The predicted molar refractivity (Wildman–Crippen MR) is 106 cm³/mol. The van der Waals surface area contributed by atoms with Crippen LogP contribution in [0.4, 0.5) is 15.9 Å². The van der Waals surface area contributed by atoms with Gasteiger partial charge in [-0.1, -0.05) is 0 Å². The molecule has 12 heteroatoms. The molecule has 1 N–H and O–H groups in total. The van der Waals surface area contributed by atoms with E-state index in [9.17, 15) is 24.1 Å². The van der Waals surface area contributed by atoms with Gasteiger partial charge in [-0.15, -0.1) is 0 Å². The van der Waals surface area contributed by atoms with Crippen LogP contribution in [0.3, 0.4) is 0 Å². The van der Waals surface area contributed by atoms with Gasteiger partial charge in [-0.3, -0.25) is 14.9 Å². The molecule has 1 aliphatic heterocycles. The number of amides is 1. The van der Waals surface area contributed by atoms with Gasteiger partial charge in [-0.05, 0) is 31.2 Å². The predicted octanol–water partition coefficient (Wildman–Crippen LogP) is 2.75. The Morgan fingerprint density at radius 2 is 1.91 bits per heavy atom. The number of carbonyl (C=O) groups excluding carboxylic acids is 2. The summed E-state index contributed by atoms with van der Waals surface area (Å²) < 4.78 is 29.7. The molecule has 1 aromatic heterocycles. The van der Waals surface area contributed by atoms with E-state index in [-0.39, 0.29) is 29.7 Å². The van der Waals surface area contributed by atoms with Gasteiger partial charge < -0.3 is 19.5 Å². The summed E-state index contributed by atoms with van der Waals surface area (Å²) in [5, 5.41) is 18.1. The Bertz CT molecular complexity index is 1220. The second-order valence-electron chi connectivity index (χ2n) is 6.66. The zero-order chi connectivity index (χ0) is 22.8. The molecule has 164 valence electrons. The van der Waals surface area contributed by atoms with Gasteiger partial charge in [0.05, 0.1) is 22.4 Å². The van der Waals surface area contributed by atoms with Crippen LogP contribution in [0.25, 0.3) is 5.69 Å². The molecule has 32 heavy (non-hydrogen) atoms. The summed E-state index contributed by atoms with van der Waals surface area (Å²) >= 11 is 0. The maximum absolute atomic E-state index is 13.2. The summed E-state index contributed by atoms with van der Waals surface area (Å²) in [6.45, 7) is 0.862. The molecule has 0 bridgehead atoms. The lowest BCUT2D eigenvalue weighted by atomic mass is 10.1. The number of benzene rings is 2. The van der Waals surface area contributed by atoms with E-state index in [0.29, 0.717) is 11.4 Å². The maximum Gasteiger partial charge on any atom is 0.345 e. The third kappa shape index (κ3) is 4.19. The van der Waals surface area contributed by atoms with Crippen LogP contribution in [0, 0.1) is 22.9 Å². The number of esters is 1. The van der Waals surface area contributed by atoms with Crippen LogP contribution < -0.4 is 14.8 Å². The summed E-state index contributed by atoms with van der Waals surface area (Å²) in [7, 11) is 0. The highest BCUT2D eigenvalue weighted by molar-refractivity contribution is 5.98. The largest absolute Gasteiger partial charge is 0.454 e. The SMILES string of the molecule is Cc1cc(NC(=O)COC(=O)c2cc3c(cc2[N+](=O)[O-])OCO3)n(-c2ccc(F)cc2)n1. The molecule has 1 amide bonds. The van der Waals surface area contributed by atoms with Gasteiger partial charge >= 0.3 is 5.97 Å². The Balaban J connectivity index is 1.46. The van der Waals surface area contributed by atoms with Crippen LogP contribution in [0.5, 0.6) is 11.5 Å². The summed E-state index contributed by atoms with van der Waals surface area (Å²) in [5.41, 5.74) is 0.171. The number of carbonyl (C=O) groups is 2. The van der Waals surface area contributed by atoms with E-state index >= 15 is 0 Å². The number of rotatable bonds is 6. The van der Waals surface area contributed by atoms with Gasteiger partial charge in [0, 0.05) is 12.1 Å². The number of anilines is 1. The lowest BCUT2D eigenvalue weighted by Crippen LogP contribution is -2.22. The fraction of sp³-hybridized carbons (Fsp3) is 0.150. The molecule has 3 aromatic rings. The van der Waals surface area contributed by atoms with Crippen LogP contribution in [0.15, 0.2) is 42.5 Å². The topological polar surface area (TPSA) is 135 Å². The Morgan fingerprint density at radius 1 is 1.22 bits per heavy atom. The first kappa shape index (κ1) is 20.8. The first-order valence-corrected chi connectivity index (χ1v) is 9.19. The van der Waals surface area contributed by atoms with Gasteiger partial charge in [-0.2, -0.15) is 5.10 Å². The third-order valence-corrected chi connectivity index (χ3v) is 4.41. The molecule has 0 atom stereocenters. The number of hydrogen-bond donors (Lipinski definition) is 1. The summed E-state index contributed by atoms with van der Waals surface area (Å²) in [4.78, 5) is 35.3. The highest BCUT2D eigenvalue weighted by Crippen LogP contribution is 2.38. The second kappa shape index (κ2) is 8.34. The first-order valence-electron chi connectivity index (χ1n) is 9.19. The van der Waals surface area contributed by atoms with Gasteiger partial charge in [0.25, 0.3) is 11.6 Å².